The Kier molecular flexibility index (Phi) is 8.35. The highest BCUT2D eigenvalue weighted by Gasteiger charge is 2.05. The summed E-state index contributed by atoms with van der Waals surface area (Å²) in [6, 6.07) is 23.6. The molecule has 3 aromatic carbocycles. The molecule has 154 valence electrons. The number of nitrogens with two attached hydrogens (primary N) is 1. The first kappa shape index (κ1) is 21.9. The molecular weight excluding hydrogens is 462 g/mol. The molecule has 0 amide bonds. The van der Waals surface area contributed by atoms with E-state index in [2.05, 4.69) is 38.3 Å². The first-order valence-corrected chi connectivity index (χ1v) is 11.0. The maximum absolute atomic E-state index is 5.99. The largest absolute Gasteiger partial charge is 0.497 e. The molecule has 7 heteroatoms. The Morgan fingerprint density at radius 2 is 1.83 bits per heavy atom. The highest BCUT2D eigenvalue weighted by Crippen LogP contribution is 2.23. The molecule has 0 bridgehead atoms. The third-order valence-corrected chi connectivity index (χ3v) is 5.43. The van der Waals surface area contributed by atoms with E-state index in [4.69, 9.17) is 15.2 Å². The Morgan fingerprint density at radius 3 is 2.63 bits per heavy atom. The van der Waals surface area contributed by atoms with E-state index in [-0.39, 0.29) is 0 Å². The summed E-state index contributed by atoms with van der Waals surface area (Å²) in [5.74, 6) is 2.25. The molecule has 0 saturated heterocycles. The molecule has 2 N–H and O–H groups in total. The number of halogens is 1. The molecule has 0 aliphatic rings. The molecule has 3 rings (SSSR count). The number of nitrogens with zero attached hydrogens (tertiary/aromatic N) is 2. The lowest BCUT2D eigenvalue weighted by molar-refractivity contribution is 0.304. The predicted octanol–water partition coefficient (Wildman–Crippen LogP) is 5.62. The second-order valence-corrected chi connectivity index (χ2v) is 8.19. The average Bonchev–Trinajstić information content (AvgIpc) is 2.78. The minimum atomic E-state index is 0.406. The van der Waals surface area contributed by atoms with Gasteiger partial charge in [-0.3, -0.25) is 0 Å². The van der Waals surface area contributed by atoms with Crippen LogP contribution in [0.15, 0.2) is 87.5 Å². The van der Waals surface area contributed by atoms with Gasteiger partial charge in [0, 0.05) is 15.8 Å². The van der Waals surface area contributed by atoms with E-state index in [1.807, 2.05) is 60.7 Å². The number of methoxy groups -OCH3 is 1. The van der Waals surface area contributed by atoms with Gasteiger partial charge in [0.1, 0.15) is 18.1 Å². The molecule has 0 fully saturated rings. The van der Waals surface area contributed by atoms with Gasteiger partial charge < -0.3 is 15.2 Å². The summed E-state index contributed by atoms with van der Waals surface area (Å²) < 4.78 is 12.2. The Bertz CT molecular complexity index is 1030. The average molecular weight is 484 g/mol. The van der Waals surface area contributed by atoms with Crippen molar-refractivity contribution in [1.82, 2.24) is 0 Å². The number of amidine groups is 1. The number of benzene rings is 3. The van der Waals surface area contributed by atoms with Crippen LogP contribution in [0.3, 0.4) is 0 Å². The van der Waals surface area contributed by atoms with Crippen LogP contribution in [-0.2, 0) is 12.4 Å². The zero-order valence-electron chi connectivity index (χ0n) is 16.5. The summed E-state index contributed by atoms with van der Waals surface area (Å²) in [4.78, 5) is 0. The van der Waals surface area contributed by atoms with Crippen LogP contribution in [0, 0.1) is 0 Å². The lowest BCUT2D eigenvalue weighted by atomic mass is 10.2. The van der Waals surface area contributed by atoms with Crippen molar-refractivity contribution in [3.8, 4) is 11.5 Å². The van der Waals surface area contributed by atoms with Gasteiger partial charge in [0.2, 0.25) is 0 Å². The van der Waals surface area contributed by atoms with E-state index in [0.717, 1.165) is 27.1 Å². The van der Waals surface area contributed by atoms with E-state index in [1.165, 1.54) is 17.3 Å². The Labute approximate surface area is 189 Å². The summed E-state index contributed by atoms with van der Waals surface area (Å²) in [7, 11) is 1.65. The van der Waals surface area contributed by atoms with Gasteiger partial charge in [-0.15, -0.1) is 5.10 Å². The molecule has 0 aliphatic heterocycles. The molecule has 5 nitrogen and oxygen atoms in total. The fraction of sp³-hybridized carbons (Fsp3) is 0.130. The van der Waals surface area contributed by atoms with E-state index >= 15 is 0 Å². The van der Waals surface area contributed by atoms with Gasteiger partial charge in [0.05, 0.1) is 13.3 Å². The molecule has 0 atom stereocenters. The predicted molar refractivity (Wildman–Crippen MR) is 128 cm³/mol. The van der Waals surface area contributed by atoms with Gasteiger partial charge in [-0.1, -0.05) is 70.2 Å². The monoisotopic (exact) mass is 483 g/mol. The number of hydrogen-bond donors (Lipinski definition) is 1. The first-order chi connectivity index (χ1) is 14.6. The lowest BCUT2D eigenvalue weighted by Gasteiger charge is -2.10. The van der Waals surface area contributed by atoms with Crippen molar-refractivity contribution in [2.75, 3.05) is 7.11 Å². The van der Waals surface area contributed by atoms with Gasteiger partial charge in [-0.2, -0.15) is 5.10 Å². The number of hydrogen-bond acceptors (Lipinski definition) is 5. The fourth-order valence-electron chi connectivity index (χ4n) is 2.58. The molecular formula is C23H22BrN3O2S. The normalized spacial score (nSPS) is 11.6. The minimum Gasteiger partial charge on any atom is -0.497 e. The first-order valence-electron chi connectivity index (χ1n) is 9.22. The van der Waals surface area contributed by atoms with Gasteiger partial charge >= 0.3 is 0 Å². The summed E-state index contributed by atoms with van der Waals surface area (Å²) >= 11 is 4.93. The topological polar surface area (TPSA) is 69.2 Å². The van der Waals surface area contributed by atoms with Gasteiger partial charge in [-0.25, -0.2) is 0 Å². The van der Waals surface area contributed by atoms with E-state index in [9.17, 15) is 0 Å². The molecule has 3 aromatic rings. The van der Waals surface area contributed by atoms with Crippen molar-refractivity contribution >= 4 is 39.1 Å². The summed E-state index contributed by atoms with van der Waals surface area (Å²) in [5.41, 5.74) is 8.96. The minimum absolute atomic E-state index is 0.406. The van der Waals surface area contributed by atoms with Crippen LogP contribution in [0.2, 0.25) is 0 Å². The van der Waals surface area contributed by atoms with Gasteiger partial charge in [-0.05, 0) is 41.5 Å². The molecule has 0 saturated carbocycles. The van der Waals surface area contributed by atoms with Crippen molar-refractivity contribution in [3.63, 3.8) is 0 Å². The zero-order valence-corrected chi connectivity index (χ0v) is 18.9. The van der Waals surface area contributed by atoms with Crippen molar-refractivity contribution in [1.29, 1.82) is 0 Å². The molecule has 0 heterocycles. The van der Waals surface area contributed by atoms with Crippen LogP contribution in [0.5, 0.6) is 11.5 Å². The van der Waals surface area contributed by atoms with Crippen molar-refractivity contribution in [3.05, 3.63) is 94.0 Å². The van der Waals surface area contributed by atoms with Crippen molar-refractivity contribution in [2.45, 2.75) is 12.4 Å². The highest BCUT2D eigenvalue weighted by molar-refractivity contribution is 9.10. The molecule has 0 aliphatic carbocycles. The molecule has 0 unspecified atom stereocenters. The van der Waals surface area contributed by atoms with Crippen molar-refractivity contribution in [2.24, 2.45) is 15.9 Å². The Balaban J connectivity index is 1.63. The van der Waals surface area contributed by atoms with Crippen LogP contribution >= 0.6 is 27.7 Å². The number of ether oxygens (including phenoxy) is 2. The molecule has 0 aromatic heterocycles. The smallest absolute Gasteiger partial charge is 0.180 e. The van der Waals surface area contributed by atoms with Gasteiger partial charge in [0.25, 0.3) is 0 Å². The quantitative estimate of drug-likeness (QED) is 0.256. The highest BCUT2D eigenvalue weighted by atomic mass is 79.9. The second kappa shape index (κ2) is 11.4. The standard InChI is InChI=1S/C23H22BrN3O2S/c1-28-21-9-5-8-18(12-21)15-29-22-11-10-20(24)13-19(22)14-26-27-23(25)30-16-17-6-3-2-4-7-17/h2-14H,15-16H2,1H3,(H2,25,27). The SMILES string of the molecule is COc1cccc(COc2ccc(Br)cc2C=NN=C(N)SCc2ccccc2)c1. The summed E-state index contributed by atoms with van der Waals surface area (Å²) in [6.45, 7) is 0.415. The van der Waals surface area contributed by atoms with E-state index < -0.39 is 0 Å². The Morgan fingerprint density at radius 1 is 1.03 bits per heavy atom. The zero-order chi connectivity index (χ0) is 21.2. The fourth-order valence-corrected chi connectivity index (χ4v) is 3.57. The van der Waals surface area contributed by atoms with Gasteiger partial charge in [0.15, 0.2) is 5.17 Å². The van der Waals surface area contributed by atoms with Crippen LogP contribution < -0.4 is 15.2 Å². The van der Waals surface area contributed by atoms with E-state index in [0.29, 0.717) is 17.5 Å². The van der Waals surface area contributed by atoms with Crippen LogP contribution in [0.1, 0.15) is 16.7 Å². The third kappa shape index (κ3) is 6.93. The van der Waals surface area contributed by atoms with Crippen LogP contribution in [0.4, 0.5) is 0 Å². The molecule has 30 heavy (non-hydrogen) atoms. The maximum atomic E-state index is 5.99. The number of rotatable bonds is 8. The Hall–Kier alpha value is -2.77. The van der Waals surface area contributed by atoms with E-state index in [1.54, 1.807) is 13.3 Å². The van der Waals surface area contributed by atoms with Crippen LogP contribution in [-0.4, -0.2) is 18.5 Å². The second-order valence-electron chi connectivity index (χ2n) is 6.28. The maximum Gasteiger partial charge on any atom is 0.180 e. The number of thioether (sulfide) groups is 1. The molecule has 0 radical (unpaired) electrons. The summed E-state index contributed by atoms with van der Waals surface area (Å²) in [5, 5.41) is 8.63. The molecule has 0 spiro atoms. The van der Waals surface area contributed by atoms with Crippen LogP contribution in [0.25, 0.3) is 0 Å². The van der Waals surface area contributed by atoms with Crippen molar-refractivity contribution < 1.29 is 9.47 Å². The third-order valence-electron chi connectivity index (χ3n) is 4.08. The lowest BCUT2D eigenvalue weighted by Crippen LogP contribution is -2.06. The summed E-state index contributed by atoms with van der Waals surface area (Å²) in [6.07, 6.45) is 1.64.